The van der Waals surface area contributed by atoms with E-state index in [1.54, 1.807) is 4.90 Å². The minimum Gasteiger partial charge on any atom is -0.394 e. The number of carbonyl (C=O) groups is 1. The molecule has 2 atom stereocenters. The average Bonchev–Trinajstić information content (AvgIpc) is 2.93. The molecule has 0 bridgehead atoms. The molecule has 0 aromatic heterocycles. The van der Waals surface area contributed by atoms with Gasteiger partial charge in [0.25, 0.3) is 5.91 Å². The van der Waals surface area contributed by atoms with E-state index in [2.05, 4.69) is 5.32 Å². The molecule has 1 aliphatic heterocycles. The van der Waals surface area contributed by atoms with Crippen molar-refractivity contribution in [1.82, 2.24) is 10.2 Å². The Balaban J connectivity index is 1.78. The number of rotatable bonds is 8. The first-order valence-electron chi connectivity index (χ1n) is 11.8. The van der Waals surface area contributed by atoms with Gasteiger partial charge in [0.2, 0.25) is 0 Å². The highest BCUT2D eigenvalue weighted by molar-refractivity contribution is 6.08. The smallest absolute Gasteiger partial charge is 0.255 e. The van der Waals surface area contributed by atoms with Crippen LogP contribution in [0.5, 0.6) is 0 Å². The van der Waals surface area contributed by atoms with Crippen LogP contribution in [0.15, 0.2) is 0 Å². The van der Waals surface area contributed by atoms with E-state index in [0.717, 1.165) is 25.2 Å². The molecule has 3 aliphatic rings. The lowest BCUT2D eigenvalue weighted by Crippen LogP contribution is -2.51. The number of aliphatic hydroxyl groups excluding tert-OH is 1. The quantitative estimate of drug-likeness (QED) is 0.572. The van der Waals surface area contributed by atoms with E-state index in [9.17, 15) is 9.90 Å². The van der Waals surface area contributed by atoms with Crippen molar-refractivity contribution in [3.05, 3.63) is 0 Å². The minimum absolute atomic E-state index is 0.0478. The molecule has 3 rings (SSSR count). The standard InChI is InChI=1S/C23H41N3O2/c1-17(2)20(16-27)26-21(28)23(25-22(26)24,15-19-11-7-4-8-12-19)14-13-18-9-5-3-6-10-18/h17-20,27H,3-16H2,1-2H3,(H2,24,25)/t20-,23+/m0/s1. The van der Waals surface area contributed by atoms with Gasteiger partial charge in [0.05, 0.1) is 12.6 Å². The van der Waals surface area contributed by atoms with Gasteiger partial charge in [0.1, 0.15) is 5.54 Å². The summed E-state index contributed by atoms with van der Waals surface area (Å²) in [5, 5.41) is 21.8. The van der Waals surface area contributed by atoms with E-state index in [1.807, 2.05) is 13.8 Å². The Morgan fingerprint density at radius 2 is 1.64 bits per heavy atom. The molecule has 1 heterocycles. The van der Waals surface area contributed by atoms with Gasteiger partial charge in [-0.1, -0.05) is 78.1 Å². The van der Waals surface area contributed by atoms with Crippen molar-refractivity contribution in [2.45, 2.75) is 109 Å². The van der Waals surface area contributed by atoms with Crippen molar-refractivity contribution in [2.75, 3.05) is 6.61 Å². The Labute approximate surface area is 171 Å². The number of hydrogen-bond acceptors (Lipinski definition) is 3. The lowest BCUT2D eigenvalue weighted by Gasteiger charge is -2.35. The van der Waals surface area contributed by atoms with Gasteiger partial charge in [0.15, 0.2) is 5.96 Å². The molecular formula is C23H41N3O2. The van der Waals surface area contributed by atoms with Gasteiger partial charge >= 0.3 is 0 Å². The maximum atomic E-state index is 13.7. The van der Waals surface area contributed by atoms with E-state index < -0.39 is 5.54 Å². The summed E-state index contributed by atoms with van der Waals surface area (Å²) in [6.07, 6.45) is 15.6. The fourth-order valence-corrected chi connectivity index (χ4v) is 5.80. The van der Waals surface area contributed by atoms with E-state index in [-0.39, 0.29) is 30.4 Å². The highest BCUT2D eigenvalue weighted by atomic mass is 16.3. The molecular weight excluding hydrogens is 350 g/mol. The average molecular weight is 392 g/mol. The van der Waals surface area contributed by atoms with Gasteiger partial charge < -0.3 is 10.4 Å². The molecule has 3 fully saturated rings. The molecule has 1 saturated heterocycles. The summed E-state index contributed by atoms with van der Waals surface area (Å²) in [4.78, 5) is 15.3. The van der Waals surface area contributed by atoms with Crippen molar-refractivity contribution in [3.63, 3.8) is 0 Å². The zero-order valence-electron chi connectivity index (χ0n) is 18.0. The molecule has 2 aliphatic carbocycles. The summed E-state index contributed by atoms with van der Waals surface area (Å²) in [7, 11) is 0. The van der Waals surface area contributed by atoms with Crippen molar-refractivity contribution in [3.8, 4) is 0 Å². The third-order valence-electron chi connectivity index (χ3n) is 7.58. The topological polar surface area (TPSA) is 76.4 Å². The summed E-state index contributed by atoms with van der Waals surface area (Å²) in [6, 6.07) is -0.310. The van der Waals surface area contributed by atoms with Crippen LogP contribution in [-0.2, 0) is 4.79 Å². The Hall–Kier alpha value is -1.10. The first kappa shape index (κ1) is 21.6. The fourth-order valence-electron chi connectivity index (χ4n) is 5.80. The van der Waals surface area contributed by atoms with Crippen molar-refractivity contribution < 1.29 is 9.90 Å². The van der Waals surface area contributed by atoms with Crippen LogP contribution < -0.4 is 5.32 Å². The van der Waals surface area contributed by atoms with Crippen LogP contribution in [0, 0.1) is 23.2 Å². The summed E-state index contributed by atoms with van der Waals surface area (Å²) >= 11 is 0. The van der Waals surface area contributed by atoms with E-state index in [1.165, 1.54) is 64.2 Å². The van der Waals surface area contributed by atoms with Gasteiger partial charge in [-0.25, -0.2) is 0 Å². The number of aliphatic hydroxyl groups is 1. The Morgan fingerprint density at radius 3 is 2.18 bits per heavy atom. The van der Waals surface area contributed by atoms with Gasteiger partial charge in [-0.2, -0.15) is 0 Å². The lowest BCUT2D eigenvalue weighted by atomic mass is 9.75. The maximum Gasteiger partial charge on any atom is 0.255 e. The molecule has 0 aromatic carbocycles. The number of amides is 1. The van der Waals surface area contributed by atoms with Crippen LogP contribution in [0.2, 0.25) is 0 Å². The van der Waals surface area contributed by atoms with Gasteiger partial charge in [-0.05, 0) is 37.0 Å². The maximum absolute atomic E-state index is 13.7. The normalized spacial score (nSPS) is 28.8. The van der Waals surface area contributed by atoms with Crippen molar-refractivity contribution in [2.24, 2.45) is 17.8 Å². The Kier molecular flexibility index (Phi) is 7.41. The highest BCUT2D eigenvalue weighted by Crippen LogP contribution is 2.39. The second-order valence-electron chi connectivity index (χ2n) is 9.98. The molecule has 5 heteroatoms. The molecule has 0 radical (unpaired) electrons. The molecule has 0 aromatic rings. The molecule has 0 unspecified atom stereocenters. The number of hydrogen-bond donors (Lipinski definition) is 3. The molecule has 1 amide bonds. The zero-order valence-corrected chi connectivity index (χ0v) is 18.0. The minimum atomic E-state index is -0.626. The Bertz CT molecular complexity index is 538. The summed E-state index contributed by atoms with van der Waals surface area (Å²) < 4.78 is 0. The number of carbonyl (C=O) groups excluding carboxylic acids is 1. The third kappa shape index (κ3) is 4.72. The third-order valence-corrected chi connectivity index (χ3v) is 7.58. The first-order valence-corrected chi connectivity index (χ1v) is 11.8. The number of nitrogens with one attached hydrogen (secondary N) is 2. The Morgan fingerprint density at radius 1 is 1.07 bits per heavy atom. The zero-order chi connectivity index (χ0) is 20.1. The molecule has 28 heavy (non-hydrogen) atoms. The van der Waals surface area contributed by atoms with Crippen LogP contribution >= 0.6 is 0 Å². The predicted octanol–water partition coefficient (Wildman–Crippen LogP) is 4.44. The molecule has 160 valence electrons. The summed E-state index contributed by atoms with van der Waals surface area (Å²) in [5.74, 6) is 1.69. The first-order chi connectivity index (χ1) is 13.5. The van der Waals surface area contributed by atoms with E-state index >= 15 is 0 Å². The molecule has 5 nitrogen and oxygen atoms in total. The predicted molar refractivity (Wildman–Crippen MR) is 113 cm³/mol. The second kappa shape index (κ2) is 9.60. The van der Waals surface area contributed by atoms with Crippen LogP contribution in [-0.4, -0.2) is 40.1 Å². The second-order valence-corrected chi connectivity index (χ2v) is 9.98. The fraction of sp³-hybridized carbons (Fsp3) is 0.913. The van der Waals surface area contributed by atoms with Crippen LogP contribution in [0.25, 0.3) is 0 Å². The molecule has 3 N–H and O–H groups in total. The SMILES string of the molecule is CC(C)[C@H](CO)N1C(=N)N[C@](CCC2CCCCC2)(CC2CCCCC2)C1=O. The van der Waals surface area contributed by atoms with Crippen molar-refractivity contribution in [1.29, 1.82) is 5.41 Å². The monoisotopic (exact) mass is 391 g/mol. The van der Waals surface area contributed by atoms with Gasteiger partial charge in [0, 0.05) is 0 Å². The van der Waals surface area contributed by atoms with Crippen LogP contribution in [0.4, 0.5) is 0 Å². The lowest BCUT2D eigenvalue weighted by molar-refractivity contribution is -0.135. The summed E-state index contributed by atoms with van der Waals surface area (Å²) in [5.41, 5.74) is -0.626. The molecule has 2 saturated carbocycles. The number of guanidine groups is 1. The van der Waals surface area contributed by atoms with Crippen molar-refractivity contribution >= 4 is 11.9 Å². The highest BCUT2D eigenvalue weighted by Gasteiger charge is 2.52. The molecule has 0 spiro atoms. The largest absolute Gasteiger partial charge is 0.394 e. The number of nitrogens with zero attached hydrogens (tertiary/aromatic N) is 1. The van der Waals surface area contributed by atoms with Gasteiger partial charge in [-0.15, -0.1) is 0 Å². The van der Waals surface area contributed by atoms with E-state index in [0.29, 0.717) is 5.92 Å². The van der Waals surface area contributed by atoms with Crippen LogP contribution in [0.1, 0.15) is 97.3 Å². The van der Waals surface area contributed by atoms with Gasteiger partial charge in [-0.3, -0.25) is 15.1 Å². The summed E-state index contributed by atoms with van der Waals surface area (Å²) in [6.45, 7) is 3.95. The van der Waals surface area contributed by atoms with E-state index in [4.69, 9.17) is 5.41 Å². The van der Waals surface area contributed by atoms with Crippen LogP contribution in [0.3, 0.4) is 0 Å².